The van der Waals surface area contributed by atoms with Gasteiger partial charge in [0, 0.05) is 23.3 Å². The fourth-order valence-electron chi connectivity index (χ4n) is 4.31. The predicted molar refractivity (Wildman–Crippen MR) is 119 cm³/mol. The largest absolute Gasteiger partial charge is 0.508 e. The molecule has 1 heterocycles. The van der Waals surface area contributed by atoms with Crippen molar-refractivity contribution in [2.45, 2.75) is 58.9 Å². The summed E-state index contributed by atoms with van der Waals surface area (Å²) < 4.78 is 0. The van der Waals surface area contributed by atoms with Gasteiger partial charge in [0.2, 0.25) is 0 Å². The Morgan fingerprint density at radius 2 is 2.10 bits per heavy atom. The van der Waals surface area contributed by atoms with Crippen molar-refractivity contribution in [3.63, 3.8) is 0 Å². The van der Waals surface area contributed by atoms with E-state index >= 15 is 0 Å². The number of nitrogens with zero attached hydrogens (tertiary/aromatic N) is 2. The van der Waals surface area contributed by atoms with E-state index in [2.05, 4.69) is 62.2 Å². The van der Waals surface area contributed by atoms with Crippen molar-refractivity contribution in [1.82, 2.24) is 5.43 Å². The van der Waals surface area contributed by atoms with Crippen molar-refractivity contribution >= 4 is 17.8 Å². The summed E-state index contributed by atoms with van der Waals surface area (Å²) in [5.74, 6) is 0.167. The van der Waals surface area contributed by atoms with Crippen LogP contribution in [0, 0.1) is 6.92 Å². The topological polar surface area (TPSA) is 64.9 Å². The molecule has 1 aliphatic heterocycles. The molecule has 5 nitrogen and oxygen atoms in total. The first kappa shape index (κ1) is 20.9. The molecule has 5 heteroatoms. The fraction of sp³-hybridized carbons (Fsp3) is 0.417. The van der Waals surface area contributed by atoms with E-state index < -0.39 is 0 Å². The zero-order valence-electron chi connectivity index (χ0n) is 18.0. The Kier molecular flexibility index (Phi) is 5.96. The number of hydrogen-bond acceptors (Lipinski definition) is 4. The average molecular weight is 394 g/mol. The zero-order chi connectivity index (χ0) is 21.2. The van der Waals surface area contributed by atoms with Gasteiger partial charge < -0.3 is 10.0 Å². The number of aryl methyl sites for hydroxylation is 1. The van der Waals surface area contributed by atoms with Gasteiger partial charge in [-0.2, -0.15) is 5.10 Å². The maximum atomic E-state index is 12.2. The lowest BCUT2D eigenvalue weighted by atomic mass is 9.79. The normalized spacial score (nSPS) is 18.0. The number of anilines is 1. The molecule has 2 aromatic rings. The maximum Gasteiger partial charge on any atom is 0.271 e. The number of rotatable bonds is 5. The van der Waals surface area contributed by atoms with Gasteiger partial charge >= 0.3 is 0 Å². The molecular weight excluding hydrogens is 362 g/mol. The van der Waals surface area contributed by atoms with E-state index in [1.54, 1.807) is 18.3 Å². The van der Waals surface area contributed by atoms with E-state index in [1.807, 2.05) is 0 Å². The van der Waals surface area contributed by atoms with Gasteiger partial charge in [0.25, 0.3) is 5.91 Å². The molecule has 1 aliphatic rings. The fourth-order valence-corrected chi connectivity index (χ4v) is 4.31. The Morgan fingerprint density at radius 1 is 1.34 bits per heavy atom. The third-order valence-electron chi connectivity index (χ3n) is 5.70. The molecule has 0 radical (unpaired) electrons. The Hall–Kier alpha value is -2.82. The van der Waals surface area contributed by atoms with E-state index in [-0.39, 0.29) is 17.2 Å². The first-order valence-corrected chi connectivity index (χ1v) is 10.3. The van der Waals surface area contributed by atoms with Crippen LogP contribution in [0.25, 0.3) is 0 Å². The molecule has 0 bridgehead atoms. The molecule has 29 heavy (non-hydrogen) atoms. The summed E-state index contributed by atoms with van der Waals surface area (Å²) in [5.41, 5.74) is 7.84. The minimum absolute atomic E-state index is 0.0562. The number of fused-ring (bicyclic) bond motifs is 1. The Balaban J connectivity index is 1.84. The number of carbonyl (C=O) groups is 1. The highest BCUT2D eigenvalue weighted by atomic mass is 16.3. The summed E-state index contributed by atoms with van der Waals surface area (Å²) >= 11 is 0. The van der Waals surface area contributed by atoms with Crippen LogP contribution in [0.15, 0.2) is 41.5 Å². The van der Waals surface area contributed by atoms with Gasteiger partial charge in [0.05, 0.1) is 6.21 Å². The van der Waals surface area contributed by atoms with Crippen LogP contribution in [0.2, 0.25) is 0 Å². The number of hydrazone groups is 1. The summed E-state index contributed by atoms with van der Waals surface area (Å²) in [6.45, 7) is 12.3. The number of carbonyl (C=O) groups excluding carboxylic acids is 1. The van der Waals surface area contributed by atoms with E-state index in [9.17, 15) is 9.90 Å². The van der Waals surface area contributed by atoms with Crippen LogP contribution in [0.1, 0.15) is 73.5 Å². The molecule has 1 unspecified atom stereocenters. The minimum atomic E-state index is -0.350. The van der Waals surface area contributed by atoms with Crippen molar-refractivity contribution in [2.75, 3.05) is 11.4 Å². The number of phenolic OH excluding ortho intramolecular Hbond substituents is 1. The van der Waals surface area contributed by atoms with E-state index in [4.69, 9.17) is 0 Å². The standard InChI is InChI=1S/C24H31N3O2/c1-6-10-27-22-11-16(2)19(13-21(22)17(3)14-24(27,4)5)15-25-26-23(29)18-8-7-9-20(28)12-18/h7-9,11-13,15,17,28H,6,10,14H2,1-5H3,(H,26,29)/b25-15+. The first-order valence-electron chi connectivity index (χ1n) is 10.3. The van der Waals surface area contributed by atoms with E-state index in [1.165, 1.54) is 23.4 Å². The second-order valence-corrected chi connectivity index (χ2v) is 8.59. The van der Waals surface area contributed by atoms with Gasteiger partial charge in [-0.15, -0.1) is 0 Å². The van der Waals surface area contributed by atoms with E-state index in [0.29, 0.717) is 11.5 Å². The highest BCUT2D eigenvalue weighted by Crippen LogP contribution is 2.44. The van der Waals surface area contributed by atoms with Gasteiger partial charge in [-0.3, -0.25) is 4.79 Å². The van der Waals surface area contributed by atoms with Gasteiger partial charge in [-0.25, -0.2) is 5.43 Å². The first-order chi connectivity index (χ1) is 13.7. The van der Waals surface area contributed by atoms with Crippen LogP contribution in [-0.2, 0) is 0 Å². The van der Waals surface area contributed by atoms with Crippen LogP contribution in [0.4, 0.5) is 5.69 Å². The number of aromatic hydroxyl groups is 1. The molecule has 3 rings (SSSR count). The number of nitrogens with one attached hydrogen (secondary N) is 1. The van der Waals surface area contributed by atoms with Crippen molar-refractivity contribution in [2.24, 2.45) is 5.10 Å². The molecule has 2 aromatic carbocycles. The number of benzene rings is 2. The summed E-state index contributed by atoms with van der Waals surface area (Å²) in [4.78, 5) is 14.7. The van der Waals surface area contributed by atoms with Crippen molar-refractivity contribution < 1.29 is 9.90 Å². The molecular formula is C24H31N3O2. The van der Waals surface area contributed by atoms with Crippen LogP contribution in [0.5, 0.6) is 5.75 Å². The molecule has 0 spiro atoms. The summed E-state index contributed by atoms with van der Waals surface area (Å²) in [5, 5.41) is 13.7. The van der Waals surface area contributed by atoms with Crippen molar-refractivity contribution in [3.8, 4) is 5.75 Å². The molecule has 0 fully saturated rings. The Bertz CT molecular complexity index is 934. The van der Waals surface area contributed by atoms with E-state index in [0.717, 1.165) is 30.5 Å². The molecule has 154 valence electrons. The smallest absolute Gasteiger partial charge is 0.271 e. The summed E-state index contributed by atoms with van der Waals surface area (Å²) in [6, 6.07) is 10.7. The van der Waals surface area contributed by atoms with Crippen LogP contribution < -0.4 is 10.3 Å². The monoisotopic (exact) mass is 393 g/mol. The second kappa shape index (κ2) is 8.27. The van der Waals surface area contributed by atoms with Gasteiger partial charge in [0.1, 0.15) is 5.75 Å². The van der Waals surface area contributed by atoms with Crippen molar-refractivity contribution in [1.29, 1.82) is 0 Å². The van der Waals surface area contributed by atoms with Gasteiger partial charge in [0.15, 0.2) is 0 Å². The van der Waals surface area contributed by atoms with Gasteiger partial charge in [-0.05, 0) is 86.6 Å². The lowest BCUT2D eigenvalue weighted by Gasteiger charge is -2.48. The van der Waals surface area contributed by atoms with Crippen molar-refractivity contribution in [3.05, 3.63) is 58.7 Å². The van der Waals surface area contributed by atoms with Crippen LogP contribution >= 0.6 is 0 Å². The number of hydrogen-bond donors (Lipinski definition) is 2. The lowest BCUT2D eigenvalue weighted by Crippen LogP contribution is -2.48. The average Bonchev–Trinajstić information content (AvgIpc) is 2.65. The number of phenols is 1. The second-order valence-electron chi connectivity index (χ2n) is 8.59. The molecule has 0 saturated heterocycles. The van der Waals surface area contributed by atoms with Crippen LogP contribution in [-0.4, -0.2) is 29.3 Å². The highest BCUT2D eigenvalue weighted by Gasteiger charge is 2.36. The highest BCUT2D eigenvalue weighted by molar-refractivity contribution is 5.95. The van der Waals surface area contributed by atoms with Gasteiger partial charge in [-0.1, -0.05) is 19.9 Å². The Morgan fingerprint density at radius 3 is 2.79 bits per heavy atom. The SMILES string of the molecule is CCCN1c2cc(C)c(/C=N/NC(=O)c3cccc(O)c3)cc2C(C)CC1(C)C. The minimum Gasteiger partial charge on any atom is -0.508 e. The molecule has 1 amide bonds. The summed E-state index contributed by atoms with van der Waals surface area (Å²) in [7, 11) is 0. The number of amides is 1. The molecule has 0 aromatic heterocycles. The third kappa shape index (κ3) is 4.44. The summed E-state index contributed by atoms with van der Waals surface area (Å²) in [6.07, 6.45) is 3.92. The lowest BCUT2D eigenvalue weighted by molar-refractivity contribution is 0.0954. The maximum absolute atomic E-state index is 12.2. The third-order valence-corrected chi connectivity index (χ3v) is 5.70. The molecule has 2 N–H and O–H groups in total. The Labute approximate surface area is 173 Å². The van der Waals surface area contributed by atoms with Crippen LogP contribution in [0.3, 0.4) is 0 Å². The predicted octanol–water partition coefficient (Wildman–Crippen LogP) is 4.97. The molecule has 0 saturated carbocycles. The quantitative estimate of drug-likeness (QED) is 0.557. The zero-order valence-corrected chi connectivity index (χ0v) is 18.0. The molecule has 1 atom stereocenters. The molecule has 0 aliphatic carbocycles.